The lowest BCUT2D eigenvalue weighted by Crippen LogP contribution is -2.33. The first-order valence-electron chi connectivity index (χ1n) is 9.84. The highest BCUT2D eigenvalue weighted by Crippen LogP contribution is 2.33. The maximum atomic E-state index is 13.7. The van der Waals surface area contributed by atoms with E-state index in [0.717, 1.165) is 16.5 Å². The number of fused-ring (bicyclic) bond motifs is 1. The van der Waals surface area contributed by atoms with Crippen LogP contribution in [0.25, 0.3) is 10.9 Å². The second kappa shape index (κ2) is 8.68. The maximum Gasteiger partial charge on any atom is 0.264 e. The Hall–Kier alpha value is -3.29. The molecule has 164 valence electrons. The summed E-state index contributed by atoms with van der Waals surface area (Å²) in [6.45, 7) is 1.73. The van der Waals surface area contributed by atoms with Crippen molar-refractivity contribution in [1.29, 1.82) is 0 Å². The fourth-order valence-corrected chi connectivity index (χ4v) is 5.15. The van der Waals surface area contributed by atoms with E-state index in [1.54, 1.807) is 30.3 Å². The number of sulfonamides is 1. The van der Waals surface area contributed by atoms with Crippen LogP contribution in [-0.2, 0) is 16.6 Å². The van der Waals surface area contributed by atoms with Gasteiger partial charge in [-0.2, -0.15) is 0 Å². The second-order valence-electron chi connectivity index (χ2n) is 7.30. The van der Waals surface area contributed by atoms with Crippen LogP contribution in [0.5, 0.6) is 5.75 Å². The lowest BCUT2D eigenvalue weighted by Gasteiger charge is -2.26. The average Bonchev–Trinajstić information content (AvgIpc) is 2.78. The molecule has 1 aromatic heterocycles. The average molecular weight is 469 g/mol. The minimum Gasteiger partial charge on any atom is -0.495 e. The number of nitrogens with one attached hydrogen (secondary N) is 1. The van der Waals surface area contributed by atoms with Crippen LogP contribution in [0, 0.1) is 6.92 Å². The molecule has 4 rings (SSSR count). The van der Waals surface area contributed by atoms with Crippen LogP contribution in [0.4, 0.5) is 5.69 Å². The van der Waals surface area contributed by atoms with Crippen LogP contribution < -0.4 is 14.6 Å². The van der Waals surface area contributed by atoms with Crippen molar-refractivity contribution in [2.75, 3.05) is 11.4 Å². The Morgan fingerprint density at radius 2 is 1.72 bits per heavy atom. The number of aryl methyl sites for hydroxylation is 1. The van der Waals surface area contributed by atoms with Crippen LogP contribution in [0.3, 0.4) is 0 Å². The Bertz CT molecular complexity index is 1450. The van der Waals surface area contributed by atoms with E-state index in [1.165, 1.54) is 35.7 Å². The number of nitrogens with zero attached hydrogens (tertiary/aromatic N) is 1. The molecule has 0 bridgehead atoms. The van der Waals surface area contributed by atoms with Gasteiger partial charge in [-0.05, 0) is 60.3 Å². The highest BCUT2D eigenvalue weighted by molar-refractivity contribution is 7.92. The van der Waals surface area contributed by atoms with Crippen LogP contribution in [0.15, 0.2) is 82.5 Å². The molecular formula is C24H21ClN2O4S. The van der Waals surface area contributed by atoms with Crippen LogP contribution in [0.2, 0.25) is 5.02 Å². The number of H-pyrrole nitrogens is 1. The normalized spacial score (nSPS) is 11.5. The van der Waals surface area contributed by atoms with Crippen molar-refractivity contribution >= 4 is 38.2 Å². The van der Waals surface area contributed by atoms with Gasteiger partial charge >= 0.3 is 0 Å². The molecule has 1 N–H and O–H groups in total. The van der Waals surface area contributed by atoms with Crippen LogP contribution in [0.1, 0.15) is 11.1 Å². The lowest BCUT2D eigenvalue weighted by atomic mass is 10.1. The molecule has 0 unspecified atom stereocenters. The van der Waals surface area contributed by atoms with Gasteiger partial charge in [-0.3, -0.25) is 9.10 Å². The number of hydrogen-bond donors (Lipinski definition) is 1. The topological polar surface area (TPSA) is 79.5 Å². The molecule has 0 aliphatic heterocycles. The molecule has 0 aliphatic rings. The van der Waals surface area contributed by atoms with E-state index in [-0.39, 0.29) is 17.0 Å². The number of methoxy groups -OCH3 is 1. The zero-order valence-electron chi connectivity index (χ0n) is 17.5. The molecule has 4 aromatic rings. The number of para-hydroxylation sites is 3. The molecule has 32 heavy (non-hydrogen) atoms. The van der Waals surface area contributed by atoms with E-state index in [1.807, 2.05) is 25.1 Å². The second-order valence-corrected chi connectivity index (χ2v) is 9.60. The van der Waals surface area contributed by atoms with Crippen molar-refractivity contribution in [1.82, 2.24) is 4.98 Å². The maximum absolute atomic E-state index is 13.7. The van der Waals surface area contributed by atoms with Gasteiger partial charge in [-0.15, -0.1) is 0 Å². The summed E-state index contributed by atoms with van der Waals surface area (Å²) in [6.07, 6.45) is 0. The standard InChI is InChI=1S/C24H21ClN2O4S/c1-16-6-5-7-17-14-18(24(28)26-23(16)17)15-27(21-8-3-4-9-22(21)31-2)32(29,30)20-12-10-19(25)11-13-20/h3-14H,15H2,1-2H3,(H,26,28). The van der Waals surface area contributed by atoms with Gasteiger partial charge in [0.1, 0.15) is 5.75 Å². The number of hydrogen-bond acceptors (Lipinski definition) is 4. The molecule has 0 amide bonds. The summed E-state index contributed by atoms with van der Waals surface area (Å²) in [5.41, 5.74) is 1.95. The summed E-state index contributed by atoms with van der Waals surface area (Å²) in [5.74, 6) is 0.373. The van der Waals surface area contributed by atoms with Gasteiger partial charge < -0.3 is 9.72 Å². The van der Waals surface area contributed by atoms with Crippen LogP contribution >= 0.6 is 11.6 Å². The van der Waals surface area contributed by atoms with Gasteiger partial charge in [0.05, 0.1) is 29.8 Å². The summed E-state index contributed by atoms with van der Waals surface area (Å²) in [6, 6.07) is 20.1. The third kappa shape index (κ3) is 4.09. The third-order valence-electron chi connectivity index (χ3n) is 5.23. The van der Waals surface area contributed by atoms with E-state index < -0.39 is 10.0 Å². The first-order chi connectivity index (χ1) is 15.3. The Balaban J connectivity index is 1.89. The third-order valence-corrected chi connectivity index (χ3v) is 7.26. The fourth-order valence-electron chi connectivity index (χ4n) is 3.57. The number of rotatable bonds is 6. The quantitative estimate of drug-likeness (QED) is 0.436. The Labute approximate surface area is 191 Å². The van der Waals surface area contributed by atoms with Gasteiger partial charge in [-0.1, -0.05) is 41.9 Å². The molecule has 0 saturated heterocycles. The van der Waals surface area contributed by atoms with Crippen molar-refractivity contribution in [2.45, 2.75) is 18.4 Å². The van der Waals surface area contributed by atoms with Crippen LogP contribution in [-0.4, -0.2) is 20.5 Å². The van der Waals surface area contributed by atoms with Gasteiger partial charge in [0.15, 0.2) is 0 Å². The molecular weight excluding hydrogens is 448 g/mol. The van der Waals surface area contributed by atoms with E-state index in [0.29, 0.717) is 22.0 Å². The van der Waals surface area contributed by atoms with E-state index in [9.17, 15) is 13.2 Å². The fraction of sp³-hybridized carbons (Fsp3) is 0.125. The molecule has 3 aromatic carbocycles. The summed E-state index contributed by atoms with van der Waals surface area (Å²) < 4.78 is 33.9. The van der Waals surface area contributed by atoms with Crippen molar-refractivity contribution in [2.24, 2.45) is 0 Å². The molecule has 0 saturated carbocycles. The minimum absolute atomic E-state index is 0.0564. The molecule has 0 aliphatic carbocycles. The molecule has 8 heteroatoms. The summed E-state index contributed by atoms with van der Waals surface area (Å²) in [4.78, 5) is 15.8. The van der Waals surface area contributed by atoms with E-state index in [4.69, 9.17) is 16.3 Å². The highest BCUT2D eigenvalue weighted by atomic mass is 35.5. The number of aromatic amines is 1. The Kier molecular flexibility index (Phi) is 5.95. The lowest BCUT2D eigenvalue weighted by molar-refractivity contribution is 0.415. The number of ether oxygens (including phenoxy) is 1. The predicted molar refractivity (Wildman–Crippen MR) is 127 cm³/mol. The zero-order valence-corrected chi connectivity index (χ0v) is 19.1. The summed E-state index contributed by atoms with van der Waals surface area (Å²) in [5, 5.41) is 1.25. The Morgan fingerprint density at radius 3 is 2.44 bits per heavy atom. The summed E-state index contributed by atoms with van der Waals surface area (Å²) >= 11 is 5.95. The first kappa shape index (κ1) is 21.9. The number of halogens is 1. The van der Waals surface area contributed by atoms with Gasteiger partial charge in [-0.25, -0.2) is 8.42 Å². The number of anilines is 1. The van der Waals surface area contributed by atoms with Crippen molar-refractivity contribution < 1.29 is 13.2 Å². The molecule has 0 fully saturated rings. The van der Waals surface area contributed by atoms with Gasteiger partial charge in [0.2, 0.25) is 0 Å². The number of pyridine rings is 1. The smallest absolute Gasteiger partial charge is 0.264 e. The van der Waals surface area contributed by atoms with Crippen molar-refractivity contribution in [3.8, 4) is 5.75 Å². The number of benzene rings is 3. The van der Waals surface area contributed by atoms with E-state index >= 15 is 0 Å². The summed E-state index contributed by atoms with van der Waals surface area (Å²) in [7, 11) is -2.57. The predicted octanol–water partition coefficient (Wildman–Crippen LogP) is 4.89. The largest absolute Gasteiger partial charge is 0.495 e. The van der Waals surface area contributed by atoms with Crippen molar-refractivity contribution in [3.05, 3.63) is 99.3 Å². The zero-order chi connectivity index (χ0) is 22.9. The Morgan fingerprint density at radius 1 is 1.00 bits per heavy atom. The SMILES string of the molecule is COc1ccccc1N(Cc1cc2cccc(C)c2[nH]c1=O)S(=O)(=O)c1ccc(Cl)cc1. The molecule has 6 nitrogen and oxygen atoms in total. The minimum atomic E-state index is -4.04. The molecule has 1 heterocycles. The van der Waals surface area contributed by atoms with Crippen molar-refractivity contribution in [3.63, 3.8) is 0 Å². The van der Waals surface area contributed by atoms with Gasteiger partial charge in [0, 0.05) is 10.6 Å². The molecule has 0 spiro atoms. The molecule has 0 radical (unpaired) electrons. The monoisotopic (exact) mass is 468 g/mol. The van der Waals surface area contributed by atoms with Gasteiger partial charge in [0.25, 0.3) is 15.6 Å². The highest BCUT2D eigenvalue weighted by Gasteiger charge is 2.28. The molecule has 0 atom stereocenters. The van der Waals surface area contributed by atoms with E-state index in [2.05, 4.69) is 4.98 Å². The number of aromatic nitrogens is 1. The first-order valence-corrected chi connectivity index (χ1v) is 11.7.